The van der Waals surface area contributed by atoms with Crippen LogP contribution in [0.15, 0.2) is 121 Å². The van der Waals surface area contributed by atoms with Crippen LogP contribution in [-0.4, -0.2) is 104 Å². The van der Waals surface area contributed by atoms with Gasteiger partial charge in [0, 0.05) is 25.8 Å². The number of hydrogen-bond donors (Lipinski definition) is 3. The van der Waals surface area contributed by atoms with E-state index in [9.17, 15) is 19.5 Å². The molecule has 3 aliphatic rings. The third-order valence-electron chi connectivity index (χ3n) is 10.8. The molecule has 4 aromatic carbocycles. The SMILES string of the molecule is CC(=O)N[C@@H]1[C@@H](OCc2ccccc2)[C@H](O[C@@H]2O[C@@H]3CO[C@@H](c4ccccc4)O[C@H]3[C@H](OCc3ccccc3)[C@H]2NC(C)=O)[C@@H](COCc2ccccc2)O[C@H]1CC(=O)CO. The topological polar surface area (TPSA) is 169 Å². The fourth-order valence-electron chi connectivity index (χ4n) is 7.99. The third kappa shape index (κ3) is 11.9. The Morgan fingerprint density at radius 1 is 0.639 bits per heavy atom. The molecule has 61 heavy (non-hydrogen) atoms. The molecule has 2 amide bonds. The van der Waals surface area contributed by atoms with E-state index in [4.69, 9.17) is 37.9 Å². The number of aliphatic hydroxyl groups is 1. The summed E-state index contributed by atoms with van der Waals surface area (Å²) in [7, 11) is 0. The molecule has 3 N–H and O–H groups in total. The van der Waals surface area contributed by atoms with Crippen molar-refractivity contribution >= 4 is 17.6 Å². The Bertz CT molecular complexity index is 1980. The number of hydrogen-bond acceptors (Lipinski definition) is 12. The summed E-state index contributed by atoms with van der Waals surface area (Å²) in [5.41, 5.74) is 3.49. The van der Waals surface area contributed by atoms with Crippen molar-refractivity contribution in [1.82, 2.24) is 10.6 Å². The second kappa shape index (κ2) is 21.8. The quantitative estimate of drug-likeness (QED) is 0.130. The van der Waals surface area contributed by atoms with Gasteiger partial charge in [-0.15, -0.1) is 0 Å². The normalized spacial score (nSPS) is 28.6. The number of ketones is 1. The zero-order chi connectivity index (χ0) is 42.6. The Kier molecular flexibility index (Phi) is 15.8. The maximum Gasteiger partial charge on any atom is 0.217 e. The van der Waals surface area contributed by atoms with E-state index in [-0.39, 0.29) is 45.4 Å². The van der Waals surface area contributed by atoms with Gasteiger partial charge in [-0.1, -0.05) is 121 Å². The van der Waals surface area contributed by atoms with Gasteiger partial charge in [0.2, 0.25) is 11.8 Å². The minimum absolute atomic E-state index is 0.0240. The van der Waals surface area contributed by atoms with Crippen LogP contribution in [0.4, 0.5) is 0 Å². The molecule has 0 unspecified atom stereocenters. The van der Waals surface area contributed by atoms with E-state index >= 15 is 0 Å². The van der Waals surface area contributed by atoms with Gasteiger partial charge in [0.15, 0.2) is 18.4 Å². The van der Waals surface area contributed by atoms with E-state index in [0.29, 0.717) is 0 Å². The first-order valence-electron chi connectivity index (χ1n) is 20.6. The summed E-state index contributed by atoms with van der Waals surface area (Å²) in [5, 5.41) is 15.8. The van der Waals surface area contributed by atoms with E-state index in [0.717, 1.165) is 22.3 Å². The minimum Gasteiger partial charge on any atom is -0.389 e. The number of rotatable bonds is 18. The van der Waals surface area contributed by atoms with E-state index in [1.54, 1.807) is 0 Å². The van der Waals surface area contributed by atoms with Crippen molar-refractivity contribution in [2.45, 2.75) is 107 Å². The van der Waals surface area contributed by atoms with Gasteiger partial charge in [-0.05, 0) is 16.7 Å². The summed E-state index contributed by atoms with van der Waals surface area (Å²) in [6, 6.07) is 36.5. The first kappa shape index (κ1) is 44.2. The van der Waals surface area contributed by atoms with Crippen LogP contribution in [0.25, 0.3) is 0 Å². The molecule has 11 atom stereocenters. The lowest BCUT2D eigenvalue weighted by Crippen LogP contribution is -2.70. The van der Waals surface area contributed by atoms with Gasteiger partial charge in [-0.3, -0.25) is 14.4 Å². The van der Waals surface area contributed by atoms with Crippen molar-refractivity contribution in [3.05, 3.63) is 144 Å². The lowest BCUT2D eigenvalue weighted by Gasteiger charge is -2.52. The summed E-state index contributed by atoms with van der Waals surface area (Å²) in [5.74, 6) is -1.24. The van der Waals surface area contributed by atoms with E-state index < -0.39 is 85.7 Å². The molecule has 4 aromatic rings. The molecule has 14 nitrogen and oxygen atoms in total. The Morgan fingerprint density at radius 3 is 1.75 bits per heavy atom. The highest BCUT2D eigenvalue weighted by molar-refractivity contribution is 5.80. The minimum atomic E-state index is -1.20. The zero-order valence-electron chi connectivity index (χ0n) is 34.3. The molecule has 14 heteroatoms. The zero-order valence-corrected chi connectivity index (χ0v) is 34.3. The van der Waals surface area contributed by atoms with E-state index in [1.165, 1.54) is 13.8 Å². The van der Waals surface area contributed by atoms with Crippen molar-refractivity contribution < 1.29 is 57.4 Å². The lowest BCUT2D eigenvalue weighted by atomic mass is 9.89. The Hall–Kier alpha value is -4.87. The molecule has 3 fully saturated rings. The number of Topliss-reactive ketones (excluding diaryl/α,β-unsaturated/α-hetero) is 1. The van der Waals surface area contributed by atoms with Crippen LogP contribution >= 0.6 is 0 Å². The fourth-order valence-corrected chi connectivity index (χ4v) is 7.99. The van der Waals surface area contributed by atoms with Crippen molar-refractivity contribution in [3.8, 4) is 0 Å². The van der Waals surface area contributed by atoms with E-state index in [1.807, 2.05) is 121 Å². The van der Waals surface area contributed by atoms with Crippen LogP contribution in [0.3, 0.4) is 0 Å². The smallest absolute Gasteiger partial charge is 0.217 e. The molecule has 3 aliphatic heterocycles. The molecule has 0 aliphatic carbocycles. The molecular weight excluding hydrogens is 785 g/mol. The number of ether oxygens (including phenoxy) is 8. The number of amides is 2. The van der Waals surface area contributed by atoms with Crippen LogP contribution in [-0.2, 0) is 72.1 Å². The number of benzene rings is 4. The monoisotopic (exact) mass is 838 g/mol. The third-order valence-corrected chi connectivity index (χ3v) is 10.8. The van der Waals surface area contributed by atoms with Gasteiger partial charge in [0.1, 0.15) is 49.3 Å². The molecule has 0 saturated carbocycles. The number of nitrogens with one attached hydrogen (secondary N) is 2. The molecule has 3 saturated heterocycles. The predicted octanol–water partition coefficient (Wildman–Crippen LogP) is 4.33. The first-order chi connectivity index (χ1) is 29.7. The van der Waals surface area contributed by atoms with Gasteiger partial charge in [0.05, 0.1) is 45.2 Å². The summed E-state index contributed by atoms with van der Waals surface area (Å²) in [6.45, 7) is 2.67. The van der Waals surface area contributed by atoms with E-state index in [2.05, 4.69) is 10.6 Å². The molecule has 7 rings (SSSR count). The summed E-state index contributed by atoms with van der Waals surface area (Å²) < 4.78 is 53.0. The molecule has 324 valence electrons. The van der Waals surface area contributed by atoms with Gasteiger partial charge in [0.25, 0.3) is 0 Å². The van der Waals surface area contributed by atoms with Crippen molar-refractivity contribution in [2.75, 3.05) is 19.8 Å². The van der Waals surface area contributed by atoms with Crippen LogP contribution in [0.5, 0.6) is 0 Å². The average Bonchev–Trinajstić information content (AvgIpc) is 3.28. The maximum absolute atomic E-state index is 13.1. The van der Waals surface area contributed by atoms with Crippen molar-refractivity contribution in [1.29, 1.82) is 0 Å². The summed E-state index contributed by atoms with van der Waals surface area (Å²) in [6.07, 6.45) is -8.23. The van der Waals surface area contributed by atoms with Gasteiger partial charge < -0.3 is 53.6 Å². The maximum atomic E-state index is 13.1. The Balaban J connectivity index is 1.25. The second-order valence-electron chi connectivity index (χ2n) is 15.4. The van der Waals surface area contributed by atoms with Crippen LogP contribution < -0.4 is 10.6 Å². The highest BCUT2D eigenvalue weighted by atomic mass is 16.8. The molecule has 0 bridgehead atoms. The van der Waals surface area contributed by atoms with Crippen molar-refractivity contribution in [2.24, 2.45) is 0 Å². The second-order valence-corrected chi connectivity index (χ2v) is 15.4. The van der Waals surface area contributed by atoms with Crippen LogP contribution in [0, 0.1) is 0 Å². The van der Waals surface area contributed by atoms with Gasteiger partial charge in [-0.25, -0.2) is 0 Å². The lowest BCUT2D eigenvalue weighted by molar-refractivity contribution is -0.365. The first-order valence-corrected chi connectivity index (χ1v) is 20.6. The Labute approximate surface area is 355 Å². The highest BCUT2D eigenvalue weighted by Crippen LogP contribution is 2.38. The number of aliphatic hydroxyl groups excluding tert-OH is 1. The van der Waals surface area contributed by atoms with Crippen molar-refractivity contribution in [3.63, 3.8) is 0 Å². The van der Waals surface area contributed by atoms with Gasteiger partial charge >= 0.3 is 0 Å². The molecule has 3 heterocycles. The summed E-state index contributed by atoms with van der Waals surface area (Å²) >= 11 is 0. The molecular formula is C47H54N2O12. The predicted molar refractivity (Wildman–Crippen MR) is 220 cm³/mol. The molecule has 0 radical (unpaired) electrons. The highest BCUT2D eigenvalue weighted by Gasteiger charge is 2.55. The van der Waals surface area contributed by atoms with Crippen LogP contribution in [0.2, 0.25) is 0 Å². The molecule has 0 spiro atoms. The largest absolute Gasteiger partial charge is 0.389 e. The fraction of sp³-hybridized carbons (Fsp3) is 0.426. The Morgan fingerprint density at radius 2 is 1.18 bits per heavy atom. The standard InChI is InChI=1S/C47H54N2O12/c1-30(51)48-40-37(23-36(53)24-50)58-38(28-54-25-32-15-7-3-8-16-32)42(44(40)55-26-33-17-9-4-10-18-33)61-47-41(49-31(2)52)45(56-27-34-19-11-5-12-20-34)43-39(59-47)29-57-46(60-43)35-21-13-6-14-22-35/h3-22,37-47,50H,23-29H2,1-2H3,(H,48,51)(H,49,52)/t37-,38+,39+,40-,41+,42+,43+,44+,45+,46+,47-/m0/s1. The summed E-state index contributed by atoms with van der Waals surface area (Å²) in [4.78, 5) is 38.9. The number of fused-ring (bicyclic) bond motifs is 1. The molecule has 0 aromatic heterocycles. The number of carbonyl (C=O) groups is 3. The van der Waals surface area contributed by atoms with Crippen LogP contribution in [0.1, 0.15) is 48.8 Å². The average molecular weight is 839 g/mol. The number of carbonyl (C=O) groups excluding carboxylic acids is 3. The van der Waals surface area contributed by atoms with Gasteiger partial charge in [-0.2, -0.15) is 0 Å².